The Morgan fingerprint density at radius 1 is 1.04 bits per heavy atom. The second kappa shape index (κ2) is 9.48. The van der Waals surface area contributed by atoms with Crippen molar-refractivity contribution < 1.29 is 14.3 Å². The number of hydrazine groups is 1. The zero-order valence-electron chi connectivity index (χ0n) is 13.6. The molecular weight excluding hydrogens is 399 g/mol. The highest BCUT2D eigenvalue weighted by atomic mass is 35.5. The van der Waals surface area contributed by atoms with Crippen molar-refractivity contribution in [3.8, 4) is 5.75 Å². The van der Waals surface area contributed by atoms with Crippen LogP contribution >= 0.6 is 34.8 Å². The number of ether oxygens (including phenoxy) is 1. The Balaban J connectivity index is 1.85. The molecule has 2 aromatic rings. The molecule has 0 saturated carbocycles. The van der Waals surface area contributed by atoms with Crippen LogP contribution in [0.3, 0.4) is 0 Å². The number of amides is 2. The molecular formula is C18H15Cl3N2O3. The molecule has 0 bridgehead atoms. The number of nitrogens with one attached hydrogen (secondary N) is 2. The highest BCUT2D eigenvalue weighted by Crippen LogP contribution is 2.28. The molecule has 0 saturated heterocycles. The van der Waals surface area contributed by atoms with E-state index >= 15 is 0 Å². The third kappa shape index (κ3) is 5.95. The number of hydrogen-bond acceptors (Lipinski definition) is 3. The normalized spacial score (nSPS) is 11.8. The van der Waals surface area contributed by atoms with Crippen molar-refractivity contribution >= 4 is 52.7 Å². The van der Waals surface area contributed by atoms with Gasteiger partial charge in [0.05, 0.1) is 5.02 Å². The van der Waals surface area contributed by atoms with Crippen molar-refractivity contribution in [2.45, 2.75) is 13.0 Å². The molecule has 26 heavy (non-hydrogen) atoms. The first-order valence-electron chi connectivity index (χ1n) is 7.51. The monoisotopic (exact) mass is 412 g/mol. The van der Waals surface area contributed by atoms with Gasteiger partial charge >= 0.3 is 0 Å². The van der Waals surface area contributed by atoms with Gasteiger partial charge in [-0.25, -0.2) is 0 Å². The lowest BCUT2D eigenvalue weighted by molar-refractivity contribution is -0.131. The van der Waals surface area contributed by atoms with Crippen LogP contribution in [0.2, 0.25) is 15.1 Å². The summed E-state index contributed by atoms with van der Waals surface area (Å²) in [6.45, 7) is 1.52. The van der Waals surface area contributed by atoms with Gasteiger partial charge in [-0.1, -0.05) is 53.0 Å². The summed E-state index contributed by atoms with van der Waals surface area (Å²) in [4.78, 5) is 23.8. The number of hydrogen-bond donors (Lipinski definition) is 2. The Labute approximate surface area is 165 Å². The zero-order chi connectivity index (χ0) is 19.1. The van der Waals surface area contributed by atoms with E-state index in [0.717, 1.165) is 0 Å². The van der Waals surface area contributed by atoms with E-state index in [1.807, 2.05) is 0 Å². The van der Waals surface area contributed by atoms with Crippen LogP contribution in [0.25, 0.3) is 6.08 Å². The minimum Gasteiger partial charge on any atom is -0.479 e. The second-order valence-electron chi connectivity index (χ2n) is 5.17. The number of rotatable bonds is 5. The number of benzene rings is 2. The van der Waals surface area contributed by atoms with Crippen molar-refractivity contribution in [2.75, 3.05) is 0 Å². The third-order valence-corrected chi connectivity index (χ3v) is 4.07. The van der Waals surface area contributed by atoms with Gasteiger partial charge in [-0.2, -0.15) is 0 Å². The van der Waals surface area contributed by atoms with Crippen LogP contribution in [0, 0.1) is 0 Å². The lowest BCUT2D eigenvalue weighted by atomic mass is 10.2. The van der Waals surface area contributed by atoms with Gasteiger partial charge in [0, 0.05) is 16.1 Å². The van der Waals surface area contributed by atoms with Crippen LogP contribution in [0.15, 0.2) is 48.5 Å². The van der Waals surface area contributed by atoms with Gasteiger partial charge in [-0.3, -0.25) is 20.4 Å². The van der Waals surface area contributed by atoms with Gasteiger partial charge in [0.1, 0.15) is 5.75 Å². The molecule has 0 heterocycles. The molecule has 8 heteroatoms. The first-order chi connectivity index (χ1) is 12.4. The standard InChI is InChI=1S/C18H15Cl3N2O3/c1-11(26-16-8-7-13(19)10-15(16)21)18(25)23-22-17(24)9-6-12-4-2-3-5-14(12)20/h2-11H,1H3,(H,22,24)(H,23,25)/b9-6+. The largest absolute Gasteiger partial charge is 0.479 e. The molecule has 2 amide bonds. The molecule has 5 nitrogen and oxygen atoms in total. The minimum atomic E-state index is -0.887. The van der Waals surface area contributed by atoms with Gasteiger partial charge in [0.15, 0.2) is 6.10 Å². The summed E-state index contributed by atoms with van der Waals surface area (Å²) in [6.07, 6.45) is 1.90. The van der Waals surface area contributed by atoms with Crippen molar-refractivity contribution in [3.05, 3.63) is 69.2 Å². The number of carbonyl (C=O) groups is 2. The van der Waals surface area contributed by atoms with Crippen molar-refractivity contribution in [1.82, 2.24) is 10.9 Å². The van der Waals surface area contributed by atoms with Crippen LogP contribution in [0.1, 0.15) is 12.5 Å². The topological polar surface area (TPSA) is 67.4 Å². The van der Waals surface area contributed by atoms with Crippen LogP contribution in [0.4, 0.5) is 0 Å². The Kier molecular flexibility index (Phi) is 7.33. The summed E-state index contributed by atoms with van der Waals surface area (Å²) in [5, 5.41) is 1.25. The van der Waals surface area contributed by atoms with Crippen molar-refractivity contribution in [2.24, 2.45) is 0 Å². The van der Waals surface area contributed by atoms with E-state index in [1.165, 1.54) is 25.1 Å². The highest BCUT2D eigenvalue weighted by molar-refractivity contribution is 6.35. The number of halogens is 3. The van der Waals surface area contributed by atoms with E-state index in [-0.39, 0.29) is 5.02 Å². The van der Waals surface area contributed by atoms with Gasteiger partial charge in [-0.15, -0.1) is 0 Å². The first kappa shape index (κ1) is 20.1. The van der Waals surface area contributed by atoms with Crippen molar-refractivity contribution in [1.29, 1.82) is 0 Å². The van der Waals surface area contributed by atoms with Crippen LogP contribution < -0.4 is 15.6 Å². The quantitative estimate of drug-likeness (QED) is 0.568. The Morgan fingerprint density at radius 3 is 2.46 bits per heavy atom. The van der Waals surface area contributed by atoms with Gasteiger partial charge < -0.3 is 4.74 Å². The molecule has 0 aliphatic heterocycles. The lowest BCUT2D eigenvalue weighted by Gasteiger charge is -2.15. The molecule has 0 fully saturated rings. The summed E-state index contributed by atoms with van der Waals surface area (Å²) in [7, 11) is 0. The minimum absolute atomic E-state index is 0.281. The highest BCUT2D eigenvalue weighted by Gasteiger charge is 2.16. The Bertz CT molecular complexity index is 840. The summed E-state index contributed by atoms with van der Waals surface area (Å²) < 4.78 is 5.45. The van der Waals surface area contributed by atoms with Gasteiger partial charge in [-0.05, 0) is 42.8 Å². The molecule has 0 radical (unpaired) electrons. The van der Waals surface area contributed by atoms with Gasteiger partial charge in [0.2, 0.25) is 0 Å². The third-order valence-electron chi connectivity index (χ3n) is 3.20. The van der Waals surface area contributed by atoms with Crippen LogP contribution in [0.5, 0.6) is 5.75 Å². The molecule has 136 valence electrons. The van der Waals surface area contributed by atoms with Crippen LogP contribution in [-0.2, 0) is 9.59 Å². The van der Waals surface area contributed by atoms with Crippen molar-refractivity contribution in [3.63, 3.8) is 0 Å². The smallest absolute Gasteiger partial charge is 0.279 e. The lowest BCUT2D eigenvalue weighted by Crippen LogP contribution is -2.46. The van der Waals surface area contributed by atoms with E-state index in [9.17, 15) is 9.59 Å². The van der Waals surface area contributed by atoms with Crippen LogP contribution in [-0.4, -0.2) is 17.9 Å². The SMILES string of the molecule is CC(Oc1ccc(Cl)cc1Cl)C(=O)NNC(=O)/C=C/c1ccccc1Cl. The molecule has 2 rings (SSSR count). The molecule has 2 N–H and O–H groups in total. The maximum Gasteiger partial charge on any atom is 0.279 e. The van der Waals surface area contributed by atoms with E-state index in [2.05, 4.69) is 10.9 Å². The molecule has 1 unspecified atom stereocenters. The second-order valence-corrected chi connectivity index (χ2v) is 6.42. The summed E-state index contributed by atoms with van der Waals surface area (Å²) >= 11 is 17.8. The predicted octanol–water partition coefficient (Wildman–Crippen LogP) is 4.27. The van der Waals surface area contributed by atoms with E-state index in [1.54, 1.807) is 36.4 Å². The average Bonchev–Trinajstić information content (AvgIpc) is 2.61. The summed E-state index contributed by atoms with van der Waals surface area (Å²) in [5.74, 6) is -0.755. The molecule has 0 spiro atoms. The van der Waals surface area contributed by atoms with E-state index < -0.39 is 17.9 Å². The summed E-state index contributed by atoms with van der Waals surface area (Å²) in [6, 6.07) is 11.7. The zero-order valence-corrected chi connectivity index (χ0v) is 15.9. The Morgan fingerprint density at radius 2 is 1.77 bits per heavy atom. The van der Waals surface area contributed by atoms with E-state index in [4.69, 9.17) is 39.5 Å². The molecule has 0 aliphatic rings. The number of carbonyl (C=O) groups excluding carboxylic acids is 2. The van der Waals surface area contributed by atoms with Gasteiger partial charge in [0.25, 0.3) is 11.8 Å². The Hall–Kier alpha value is -2.21. The molecule has 0 aromatic heterocycles. The average molecular weight is 414 g/mol. The van der Waals surface area contributed by atoms with E-state index in [0.29, 0.717) is 21.4 Å². The molecule has 1 atom stereocenters. The summed E-state index contributed by atoms with van der Waals surface area (Å²) in [5.41, 5.74) is 5.21. The fraction of sp³-hybridized carbons (Fsp3) is 0.111. The fourth-order valence-electron chi connectivity index (χ4n) is 1.86. The molecule has 0 aliphatic carbocycles. The fourth-order valence-corrected chi connectivity index (χ4v) is 2.51. The first-order valence-corrected chi connectivity index (χ1v) is 8.64. The molecule has 2 aromatic carbocycles. The maximum atomic E-state index is 12.0. The maximum absolute atomic E-state index is 12.0. The predicted molar refractivity (Wildman–Crippen MR) is 103 cm³/mol.